The molecule has 1 atom stereocenters. The highest BCUT2D eigenvalue weighted by atomic mass is 19.4. The Bertz CT molecular complexity index is 725. The fourth-order valence-electron chi connectivity index (χ4n) is 3.05. The van der Waals surface area contributed by atoms with E-state index >= 15 is 0 Å². The van der Waals surface area contributed by atoms with E-state index in [1.54, 1.807) is 18.2 Å². The molecule has 1 unspecified atom stereocenters. The summed E-state index contributed by atoms with van der Waals surface area (Å²) in [5, 5.41) is 5.41. The molecule has 0 aliphatic carbocycles. The van der Waals surface area contributed by atoms with Crippen molar-refractivity contribution in [2.45, 2.75) is 12.2 Å². The van der Waals surface area contributed by atoms with Gasteiger partial charge in [-0.2, -0.15) is 13.2 Å². The smallest absolute Gasteiger partial charge is 0.405 e. The first-order valence-electron chi connectivity index (χ1n) is 8.39. The number of nitrogens with zero attached hydrogens (tertiary/aromatic N) is 1. The lowest BCUT2D eigenvalue weighted by molar-refractivity contribution is -0.183. The zero-order chi connectivity index (χ0) is 18.6. The van der Waals surface area contributed by atoms with Crippen molar-refractivity contribution in [1.29, 1.82) is 0 Å². The zero-order valence-electron chi connectivity index (χ0n) is 14.1. The molecule has 1 aromatic carbocycles. The fraction of sp³-hybridized carbons (Fsp3) is 0.389. The highest BCUT2D eigenvalue weighted by molar-refractivity contribution is 5.98. The molecule has 2 aromatic rings. The second-order valence-electron chi connectivity index (χ2n) is 6.08. The molecule has 8 heteroatoms. The van der Waals surface area contributed by atoms with Crippen LogP contribution in [0.1, 0.15) is 10.6 Å². The van der Waals surface area contributed by atoms with Crippen molar-refractivity contribution >= 4 is 5.91 Å². The third-order valence-corrected chi connectivity index (χ3v) is 4.38. The molecule has 1 saturated heterocycles. The van der Waals surface area contributed by atoms with E-state index in [2.05, 4.69) is 10.6 Å². The Balaban J connectivity index is 1.70. The van der Waals surface area contributed by atoms with Gasteiger partial charge in [0.15, 0.2) is 5.76 Å². The molecule has 5 nitrogen and oxygen atoms in total. The molecule has 1 amide bonds. The lowest BCUT2D eigenvalue weighted by Gasteiger charge is -2.35. The standard InChI is InChI=1S/C18H20F3N3O2/c19-18(20,21)15(24-9-7-22-8-10-24)12-23-17(25)16-14(6-11-26-16)13-4-2-1-3-5-13/h1-6,11,15,22H,7-10,12H2,(H,23,25). The van der Waals surface area contributed by atoms with Crippen molar-refractivity contribution < 1.29 is 22.4 Å². The summed E-state index contributed by atoms with van der Waals surface area (Å²) in [6.07, 6.45) is -3.06. The van der Waals surface area contributed by atoms with E-state index in [0.29, 0.717) is 18.7 Å². The molecular formula is C18H20F3N3O2. The van der Waals surface area contributed by atoms with Crippen molar-refractivity contribution in [1.82, 2.24) is 15.5 Å². The molecule has 1 aliphatic heterocycles. The van der Waals surface area contributed by atoms with Gasteiger partial charge in [0, 0.05) is 38.3 Å². The fourth-order valence-corrected chi connectivity index (χ4v) is 3.05. The summed E-state index contributed by atoms with van der Waals surface area (Å²) < 4.78 is 45.4. The van der Waals surface area contributed by atoms with Crippen LogP contribution in [0, 0.1) is 0 Å². The summed E-state index contributed by atoms with van der Waals surface area (Å²) in [6, 6.07) is 8.99. The van der Waals surface area contributed by atoms with Gasteiger partial charge in [0.05, 0.1) is 6.26 Å². The van der Waals surface area contributed by atoms with Gasteiger partial charge >= 0.3 is 6.18 Å². The Morgan fingerprint density at radius 3 is 2.54 bits per heavy atom. The minimum absolute atomic E-state index is 0.0115. The van der Waals surface area contributed by atoms with E-state index in [9.17, 15) is 18.0 Å². The van der Waals surface area contributed by atoms with Crippen molar-refractivity contribution in [2.75, 3.05) is 32.7 Å². The average Bonchev–Trinajstić information content (AvgIpc) is 3.12. The van der Waals surface area contributed by atoms with Gasteiger partial charge in [-0.3, -0.25) is 9.69 Å². The molecule has 2 heterocycles. The molecule has 140 valence electrons. The summed E-state index contributed by atoms with van der Waals surface area (Å²) in [5.41, 5.74) is 1.31. The quantitative estimate of drug-likeness (QED) is 0.853. The first kappa shape index (κ1) is 18.5. The van der Waals surface area contributed by atoms with Gasteiger partial charge in [0.2, 0.25) is 0 Å². The topological polar surface area (TPSA) is 57.5 Å². The van der Waals surface area contributed by atoms with Gasteiger partial charge in [-0.1, -0.05) is 30.3 Å². The second kappa shape index (κ2) is 7.92. The van der Waals surface area contributed by atoms with Crippen LogP contribution in [-0.4, -0.2) is 55.7 Å². The van der Waals surface area contributed by atoms with Crippen LogP contribution < -0.4 is 10.6 Å². The maximum atomic E-state index is 13.4. The molecule has 1 aliphatic rings. The van der Waals surface area contributed by atoms with Crippen molar-refractivity contribution in [2.24, 2.45) is 0 Å². The number of hydrogen-bond acceptors (Lipinski definition) is 4. The molecule has 26 heavy (non-hydrogen) atoms. The lowest BCUT2D eigenvalue weighted by atomic mass is 10.1. The summed E-state index contributed by atoms with van der Waals surface area (Å²) in [5.74, 6) is -0.643. The highest BCUT2D eigenvalue weighted by Crippen LogP contribution is 2.26. The molecule has 1 aromatic heterocycles. The number of hydrogen-bond donors (Lipinski definition) is 2. The highest BCUT2D eigenvalue weighted by Gasteiger charge is 2.44. The van der Waals surface area contributed by atoms with Gasteiger partial charge in [0.1, 0.15) is 6.04 Å². The first-order chi connectivity index (χ1) is 12.5. The van der Waals surface area contributed by atoms with Crippen LogP contribution in [0.25, 0.3) is 11.1 Å². The third-order valence-electron chi connectivity index (χ3n) is 4.38. The van der Waals surface area contributed by atoms with Crippen molar-refractivity contribution in [3.63, 3.8) is 0 Å². The molecule has 0 radical (unpaired) electrons. The van der Waals surface area contributed by atoms with Crippen molar-refractivity contribution in [3.05, 3.63) is 48.4 Å². The summed E-state index contributed by atoms with van der Waals surface area (Å²) >= 11 is 0. The maximum Gasteiger partial charge on any atom is 0.405 e. The van der Waals surface area contributed by atoms with Crippen LogP contribution in [0.4, 0.5) is 13.2 Å². The number of benzene rings is 1. The van der Waals surface area contributed by atoms with Crippen LogP contribution in [0.15, 0.2) is 47.1 Å². The van der Waals surface area contributed by atoms with E-state index < -0.39 is 24.7 Å². The zero-order valence-corrected chi connectivity index (χ0v) is 14.1. The van der Waals surface area contributed by atoms with E-state index in [1.807, 2.05) is 18.2 Å². The van der Waals surface area contributed by atoms with Gasteiger partial charge < -0.3 is 15.1 Å². The van der Waals surface area contributed by atoms with Crippen molar-refractivity contribution in [3.8, 4) is 11.1 Å². The largest absolute Gasteiger partial charge is 0.459 e. The molecule has 1 fully saturated rings. The molecule has 2 N–H and O–H groups in total. The second-order valence-corrected chi connectivity index (χ2v) is 6.08. The summed E-state index contributed by atoms with van der Waals surface area (Å²) in [6.45, 7) is 1.05. The van der Waals surface area contributed by atoms with Gasteiger partial charge in [0.25, 0.3) is 5.91 Å². The number of alkyl halides is 3. The van der Waals surface area contributed by atoms with Crippen LogP contribution >= 0.6 is 0 Å². The van der Waals surface area contributed by atoms with E-state index in [-0.39, 0.29) is 18.8 Å². The van der Waals surface area contributed by atoms with E-state index in [4.69, 9.17) is 4.42 Å². The molecule has 0 spiro atoms. The number of carbonyl (C=O) groups is 1. The predicted molar refractivity (Wildman–Crippen MR) is 90.8 cm³/mol. The Labute approximate surface area is 149 Å². The number of rotatable bonds is 5. The molecule has 0 bridgehead atoms. The Kier molecular flexibility index (Phi) is 5.63. The Morgan fingerprint density at radius 1 is 1.19 bits per heavy atom. The molecule has 0 saturated carbocycles. The predicted octanol–water partition coefficient (Wildman–Crippen LogP) is 2.51. The molecule has 3 rings (SSSR count). The average molecular weight is 367 g/mol. The van der Waals surface area contributed by atoms with Gasteiger partial charge in [-0.05, 0) is 11.6 Å². The molecular weight excluding hydrogens is 347 g/mol. The Morgan fingerprint density at radius 2 is 1.88 bits per heavy atom. The number of halogens is 3. The van der Waals surface area contributed by atoms with E-state index in [1.165, 1.54) is 11.2 Å². The van der Waals surface area contributed by atoms with Gasteiger partial charge in [-0.15, -0.1) is 0 Å². The minimum atomic E-state index is -4.42. The number of piperazine rings is 1. The maximum absolute atomic E-state index is 13.4. The van der Waals surface area contributed by atoms with Crippen LogP contribution in [0.2, 0.25) is 0 Å². The van der Waals surface area contributed by atoms with Crippen LogP contribution in [-0.2, 0) is 0 Å². The van der Waals surface area contributed by atoms with Crippen LogP contribution in [0.5, 0.6) is 0 Å². The summed E-state index contributed by atoms with van der Waals surface area (Å²) in [7, 11) is 0. The minimum Gasteiger partial charge on any atom is -0.459 e. The van der Waals surface area contributed by atoms with Gasteiger partial charge in [-0.25, -0.2) is 0 Å². The number of furan rings is 1. The normalized spacial score (nSPS) is 17.0. The summed E-state index contributed by atoms with van der Waals surface area (Å²) in [4.78, 5) is 13.8. The first-order valence-corrected chi connectivity index (χ1v) is 8.39. The number of carbonyl (C=O) groups excluding carboxylic acids is 1. The third kappa shape index (κ3) is 4.25. The lowest BCUT2D eigenvalue weighted by Crippen LogP contribution is -2.57. The number of amides is 1. The number of nitrogens with one attached hydrogen (secondary N) is 2. The monoisotopic (exact) mass is 367 g/mol. The Hall–Kier alpha value is -2.32. The van der Waals surface area contributed by atoms with E-state index in [0.717, 1.165) is 5.56 Å². The van der Waals surface area contributed by atoms with Crippen LogP contribution in [0.3, 0.4) is 0 Å². The SMILES string of the molecule is O=C(NCC(N1CCNCC1)C(F)(F)F)c1occc1-c1ccccc1.